The van der Waals surface area contributed by atoms with Gasteiger partial charge in [-0.05, 0) is 51.5 Å². The van der Waals surface area contributed by atoms with E-state index in [1.807, 2.05) is 19.2 Å². The Kier molecular flexibility index (Phi) is 8.16. The van der Waals surface area contributed by atoms with E-state index in [4.69, 9.17) is 25.9 Å². The highest BCUT2D eigenvalue weighted by Crippen LogP contribution is 2.40. The fourth-order valence-electron chi connectivity index (χ4n) is 5.26. The van der Waals surface area contributed by atoms with Crippen molar-refractivity contribution in [2.75, 3.05) is 46.2 Å². The smallest absolute Gasteiger partial charge is 0.278 e. The van der Waals surface area contributed by atoms with Crippen molar-refractivity contribution < 1.29 is 28.3 Å². The summed E-state index contributed by atoms with van der Waals surface area (Å²) in [6.07, 6.45) is 7.13. The van der Waals surface area contributed by atoms with Gasteiger partial charge in [-0.2, -0.15) is 4.98 Å². The molecule has 0 radical (unpaired) electrons. The van der Waals surface area contributed by atoms with E-state index in [2.05, 4.69) is 25.5 Å². The molecule has 1 saturated heterocycles. The van der Waals surface area contributed by atoms with Gasteiger partial charge in [0, 0.05) is 18.5 Å². The summed E-state index contributed by atoms with van der Waals surface area (Å²) in [5.74, 6) is -1.23. The maximum atomic E-state index is 15.2. The number of hydrogen-bond acceptors (Lipinski definition) is 9. The molecule has 2 aliphatic heterocycles. The first-order chi connectivity index (χ1) is 19.6. The number of benzene rings is 1. The van der Waals surface area contributed by atoms with Crippen LogP contribution in [0.4, 0.5) is 16.0 Å². The molecule has 1 fully saturated rings. The number of nitrogens with zero attached hydrogens (tertiary/aromatic N) is 4. The molecular weight excluding hydrogens is 555 g/mol. The summed E-state index contributed by atoms with van der Waals surface area (Å²) in [6, 6.07) is 2.47. The molecule has 0 spiro atoms. The Balaban J connectivity index is 1.35. The SMILES string of the molecule is COc1cc(C(=O)NC2CCN(C)CC2)c(F)cc1Nc1ncc(Cl)c(OC2(C)CC=CC3=C2C(=O)N(OC)C3)n1. The van der Waals surface area contributed by atoms with Crippen LogP contribution in [0.1, 0.15) is 36.5 Å². The van der Waals surface area contributed by atoms with Gasteiger partial charge in [-0.15, -0.1) is 0 Å². The minimum atomic E-state index is -1.06. The van der Waals surface area contributed by atoms with Gasteiger partial charge in [-0.3, -0.25) is 14.4 Å². The first-order valence-corrected chi connectivity index (χ1v) is 13.6. The Morgan fingerprint density at radius 2 is 2.00 bits per heavy atom. The van der Waals surface area contributed by atoms with E-state index in [1.54, 1.807) is 6.92 Å². The third-order valence-corrected chi connectivity index (χ3v) is 7.78. The fraction of sp³-hybridized carbons (Fsp3) is 0.429. The molecule has 0 saturated carbocycles. The maximum absolute atomic E-state index is 15.2. The van der Waals surface area contributed by atoms with E-state index in [1.165, 1.54) is 31.5 Å². The quantitative estimate of drug-likeness (QED) is 0.478. The number of rotatable bonds is 8. The van der Waals surface area contributed by atoms with Crippen LogP contribution in [0.25, 0.3) is 0 Å². The van der Waals surface area contributed by atoms with Gasteiger partial charge in [0.2, 0.25) is 11.8 Å². The van der Waals surface area contributed by atoms with Crippen molar-refractivity contribution in [2.24, 2.45) is 0 Å². The van der Waals surface area contributed by atoms with Gasteiger partial charge >= 0.3 is 0 Å². The zero-order chi connectivity index (χ0) is 29.3. The van der Waals surface area contributed by atoms with Crippen LogP contribution in [0.3, 0.4) is 0 Å². The molecule has 11 nitrogen and oxygen atoms in total. The molecule has 0 bridgehead atoms. The fourth-order valence-corrected chi connectivity index (χ4v) is 5.39. The summed E-state index contributed by atoms with van der Waals surface area (Å²) < 4.78 is 26.8. The number of hydrogen-bond donors (Lipinski definition) is 2. The normalized spacial score (nSPS) is 21.2. The maximum Gasteiger partial charge on any atom is 0.278 e. The second kappa shape index (κ2) is 11.6. The summed E-state index contributed by atoms with van der Waals surface area (Å²) in [5, 5.41) is 7.22. The Bertz CT molecular complexity index is 1430. The van der Waals surface area contributed by atoms with Gasteiger partial charge in [0.05, 0.1) is 43.8 Å². The number of likely N-dealkylation sites (tertiary alicyclic amines) is 1. The summed E-state index contributed by atoms with van der Waals surface area (Å²) in [7, 11) is 4.88. The summed E-state index contributed by atoms with van der Waals surface area (Å²) >= 11 is 6.38. The zero-order valence-electron chi connectivity index (χ0n) is 23.3. The van der Waals surface area contributed by atoms with Crippen molar-refractivity contribution in [3.63, 3.8) is 0 Å². The lowest BCUT2D eigenvalue weighted by Gasteiger charge is -2.32. The number of methoxy groups -OCH3 is 1. The number of hydroxylamine groups is 2. The van der Waals surface area contributed by atoms with Crippen molar-refractivity contribution >= 4 is 35.1 Å². The van der Waals surface area contributed by atoms with Gasteiger partial charge < -0.3 is 25.0 Å². The van der Waals surface area contributed by atoms with Gasteiger partial charge in [0.25, 0.3) is 11.8 Å². The molecule has 2 amide bonds. The van der Waals surface area contributed by atoms with Crippen LogP contribution in [-0.2, 0) is 9.63 Å². The van der Waals surface area contributed by atoms with Gasteiger partial charge in [0.1, 0.15) is 22.2 Å². The van der Waals surface area contributed by atoms with E-state index in [-0.39, 0.29) is 45.8 Å². The largest absolute Gasteiger partial charge is 0.495 e. The highest BCUT2D eigenvalue weighted by molar-refractivity contribution is 6.31. The molecule has 41 heavy (non-hydrogen) atoms. The standard InChI is InChI=1S/C28H32ClFN6O5/c1-28(9-5-6-16-15-36(40-4)26(38)23(16)28)41-25-19(29)14-31-27(34-25)33-21-13-20(30)18(12-22(21)39-3)24(37)32-17-7-10-35(2)11-8-17/h5-6,12-14,17H,7-11,15H2,1-4H3,(H,32,37)(H,31,33,34). The number of halogens is 2. The molecule has 218 valence electrons. The first kappa shape index (κ1) is 28.8. The van der Waals surface area contributed by atoms with Crippen molar-refractivity contribution in [3.8, 4) is 11.6 Å². The molecule has 1 aromatic heterocycles. The van der Waals surface area contributed by atoms with Crippen LogP contribution >= 0.6 is 11.6 Å². The van der Waals surface area contributed by atoms with Gasteiger partial charge in [0.15, 0.2) is 0 Å². The molecule has 2 N–H and O–H groups in total. The molecule has 1 aliphatic carbocycles. The van der Waals surface area contributed by atoms with Crippen LogP contribution in [-0.4, -0.2) is 84.3 Å². The Labute approximate surface area is 242 Å². The first-order valence-electron chi connectivity index (χ1n) is 13.2. The molecular formula is C28H32ClFN6O5. The molecule has 1 aromatic carbocycles. The van der Waals surface area contributed by atoms with E-state index in [0.29, 0.717) is 18.5 Å². The molecule has 3 aliphatic rings. The van der Waals surface area contributed by atoms with Gasteiger partial charge in [-0.1, -0.05) is 23.8 Å². The van der Waals surface area contributed by atoms with Crippen molar-refractivity contribution in [1.29, 1.82) is 0 Å². The minimum absolute atomic E-state index is 0.0201. The predicted molar refractivity (Wildman–Crippen MR) is 150 cm³/mol. The molecule has 5 rings (SSSR count). The number of nitrogens with one attached hydrogen (secondary N) is 2. The highest BCUT2D eigenvalue weighted by Gasteiger charge is 2.45. The molecule has 1 unspecified atom stereocenters. The highest BCUT2D eigenvalue weighted by atomic mass is 35.5. The third-order valence-electron chi connectivity index (χ3n) is 7.52. The minimum Gasteiger partial charge on any atom is -0.495 e. The van der Waals surface area contributed by atoms with Crippen LogP contribution in [0, 0.1) is 5.82 Å². The topological polar surface area (TPSA) is 118 Å². The van der Waals surface area contributed by atoms with Crippen LogP contribution < -0.4 is 20.1 Å². The van der Waals surface area contributed by atoms with Crippen LogP contribution in [0.5, 0.6) is 11.6 Å². The Hall–Kier alpha value is -3.74. The number of amides is 2. The number of carbonyl (C=O) groups excluding carboxylic acids is 2. The second-order valence-corrected chi connectivity index (χ2v) is 10.8. The molecule has 2 aromatic rings. The molecule has 3 heterocycles. The zero-order valence-corrected chi connectivity index (χ0v) is 24.0. The lowest BCUT2D eigenvalue weighted by molar-refractivity contribution is -0.166. The van der Waals surface area contributed by atoms with E-state index >= 15 is 4.39 Å². The summed E-state index contributed by atoms with van der Waals surface area (Å²) in [4.78, 5) is 41.7. The number of piperidine rings is 1. The van der Waals surface area contributed by atoms with Crippen molar-refractivity contribution in [2.45, 2.75) is 37.8 Å². The van der Waals surface area contributed by atoms with Crippen molar-refractivity contribution in [3.05, 3.63) is 58.0 Å². The van der Waals surface area contributed by atoms with Crippen LogP contribution in [0.15, 0.2) is 41.6 Å². The lowest BCUT2D eigenvalue weighted by atomic mass is 9.85. The molecule has 1 atom stereocenters. The second-order valence-electron chi connectivity index (χ2n) is 10.4. The number of anilines is 2. The lowest BCUT2D eigenvalue weighted by Crippen LogP contribution is -2.43. The Morgan fingerprint density at radius 3 is 2.71 bits per heavy atom. The van der Waals surface area contributed by atoms with Crippen molar-refractivity contribution in [1.82, 2.24) is 25.2 Å². The third kappa shape index (κ3) is 5.85. The summed E-state index contributed by atoms with van der Waals surface area (Å²) in [6.45, 7) is 3.82. The average Bonchev–Trinajstić information content (AvgIpc) is 3.28. The van der Waals surface area contributed by atoms with E-state index in [0.717, 1.165) is 37.6 Å². The summed E-state index contributed by atoms with van der Waals surface area (Å²) in [5.41, 5.74) is 0.267. The van der Waals surface area contributed by atoms with Gasteiger partial charge in [-0.25, -0.2) is 14.4 Å². The van der Waals surface area contributed by atoms with E-state index < -0.39 is 17.3 Å². The number of aromatic nitrogens is 2. The van der Waals surface area contributed by atoms with E-state index in [9.17, 15) is 9.59 Å². The average molecular weight is 587 g/mol. The monoisotopic (exact) mass is 586 g/mol. The predicted octanol–water partition coefficient (Wildman–Crippen LogP) is 3.64. The number of carbonyl (C=O) groups is 2. The molecule has 13 heteroatoms. The Morgan fingerprint density at radius 1 is 1.24 bits per heavy atom. The number of ether oxygens (including phenoxy) is 2. The van der Waals surface area contributed by atoms with Crippen LogP contribution in [0.2, 0.25) is 5.02 Å².